The number of ether oxygens (including phenoxy) is 2. The van der Waals surface area contributed by atoms with Gasteiger partial charge in [-0.2, -0.15) is 0 Å². The van der Waals surface area contributed by atoms with Crippen molar-refractivity contribution in [1.29, 1.82) is 0 Å². The second-order valence-corrected chi connectivity index (χ2v) is 12.1. The Balaban J connectivity index is 1.49. The van der Waals surface area contributed by atoms with Crippen LogP contribution < -0.4 is 0 Å². The average Bonchev–Trinajstić information content (AvgIpc) is 3.12. The number of imide groups is 1. The largest absolute Gasteiger partial charge is 0.443 e. The fourth-order valence-electron chi connectivity index (χ4n) is 6.67. The molecule has 0 radical (unpaired) electrons. The summed E-state index contributed by atoms with van der Waals surface area (Å²) in [5.41, 5.74) is 3.18. The lowest BCUT2D eigenvalue weighted by atomic mass is 9.92. The summed E-state index contributed by atoms with van der Waals surface area (Å²) in [6.45, 7) is 9.31. The van der Waals surface area contributed by atoms with Gasteiger partial charge in [-0.05, 0) is 84.4 Å². The van der Waals surface area contributed by atoms with Crippen molar-refractivity contribution >= 4 is 23.0 Å². The maximum Gasteiger partial charge on any atom is 0.417 e. The van der Waals surface area contributed by atoms with Crippen molar-refractivity contribution in [1.82, 2.24) is 19.6 Å². The number of piperidine rings is 1. The van der Waals surface area contributed by atoms with Crippen molar-refractivity contribution in [3.8, 4) is 11.1 Å². The molecule has 9 nitrogen and oxygen atoms in total. The third-order valence-corrected chi connectivity index (χ3v) is 8.46. The van der Waals surface area contributed by atoms with Crippen molar-refractivity contribution in [2.45, 2.75) is 96.4 Å². The first-order valence-corrected chi connectivity index (χ1v) is 13.6. The lowest BCUT2D eigenvalue weighted by Gasteiger charge is -2.33. The Labute approximate surface area is 222 Å². The van der Waals surface area contributed by atoms with Gasteiger partial charge in [-0.15, -0.1) is 0 Å². The molecule has 0 spiro atoms. The Kier molecular flexibility index (Phi) is 5.72. The summed E-state index contributed by atoms with van der Waals surface area (Å²) < 4.78 is 19.1. The number of nitrogens with zero attached hydrogens (tertiary/aromatic N) is 4. The minimum absolute atomic E-state index is 0.0513. The molecule has 3 heterocycles. The summed E-state index contributed by atoms with van der Waals surface area (Å²) in [4.78, 5) is 33.1. The summed E-state index contributed by atoms with van der Waals surface area (Å²) in [5.74, 6) is 1.42. The zero-order chi connectivity index (χ0) is 27.0. The lowest BCUT2D eigenvalue weighted by molar-refractivity contribution is -0.130. The van der Waals surface area contributed by atoms with Gasteiger partial charge in [0.15, 0.2) is 0 Å². The predicted molar refractivity (Wildman–Crippen MR) is 140 cm³/mol. The van der Waals surface area contributed by atoms with Crippen LogP contribution in [0.2, 0.25) is 0 Å². The number of rotatable bonds is 4. The van der Waals surface area contributed by atoms with Gasteiger partial charge in [0.05, 0.1) is 22.8 Å². The van der Waals surface area contributed by atoms with Crippen molar-refractivity contribution < 1.29 is 23.6 Å². The van der Waals surface area contributed by atoms with E-state index < -0.39 is 17.2 Å². The van der Waals surface area contributed by atoms with Crippen LogP contribution in [0, 0.1) is 19.8 Å². The number of aryl methyl sites for hydroxylation is 2. The molecule has 2 aliphatic carbocycles. The molecule has 6 rings (SSSR count). The topological polar surface area (TPSA) is 99.7 Å². The van der Waals surface area contributed by atoms with E-state index in [1.807, 2.05) is 34.6 Å². The Hall–Kier alpha value is -3.20. The number of methoxy groups -OCH3 is 1. The minimum atomic E-state index is -0.764. The van der Waals surface area contributed by atoms with E-state index in [4.69, 9.17) is 19.0 Å². The zero-order valence-corrected chi connectivity index (χ0v) is 23.0. The van der Waals surface area contributed by atoms with E-state index in [1.54, 1.807) is 7.11 Å². The van der Waals surface area contributed by atoms with Crippen LogP contribution in [0.1, 0.15) is 82.6 Å². The smallest absolute Gasteiger partial charge is 0.417 e. The van der Waals surface area contributed by atoms with Gasteiger partial charge in [0.2, 0.25) is 5.91 Å². The number of hydrogen-bond donors (Lipinski definition) is 0. The SMILES string of the molecule is CO[C@H]1CC[C@H](n2c(C34CC3CC(=O)N4C(=O)OC(C)(C)C)nc3cc(-c4c(C)noc4C)ccc32)CC1. The molecule has 2 atom stereocenters. The summed E-state index contributed by atoms with van der Waals surface area (Å²) in [7, 11) is 1.77. The highest BCUT2D eigenvalue weighted by Gasteiger charge is 2.71. The van der Waals surface area contributed by atoms with Gasteiger partial charge in [-0.1, -0.05) is 11.2 Å². The Morgan fingerprint density at radius 2 is 1.89 bits per heavy atom. The Morgan fingerprint density at radius 3 is 2.53 bits per heavy atom. The third kappa shape index (κ3) is 3.85. The van der Waals surface area contributed by atoms with E-state index in [0.717, 1.165) is 65.1 Å². The summed E-state index contributed by atoms with van der Waals surface area (Å²) in [6, 6.07) is 6.48. The van der Waals surface area contributed by atoms with E-state index >= 15 is 0 Å². The maximum absolute atomic E-state index is 13.4. The number of likely N-dealkylation sites (tertiary alicyclic amines) is 1. The van der Waals surface area contributed by atoms with Crippen LogP contribution in [0.3, 0.4) is 0 Å². The first-order chi connectivity index (χ1) is 18.0. The molecule has 3 aromatic rings. The molecule has 1 aliphatic heterocycles. The fraction of sp³-hybridized carbons (Fsp3) is 0.586. The van der Waals surface area contributed by atoms with E-state index in [-0.39, 0.29) is 24.0 Å². The van der Waals surface area contributed by atoms with Crippen LogP contribution in [0.25, 0.3) is 22.2 Å². The molecule has 1 aromatic carbocycles. The monoisotopic (exact) mass is 520 g/mol. The quantitative estimate of drug-likeness (QED) is 0.427. The molecule has 202 valence electrons. The van der Waals surface area contributed by atoms with Gasteiger partial charge in [0, 0.05) is 31.1 Å². The first-order valence-electron chi connectivity index (χ1n) is 13.6. The second-order valence-electron chi connectivity index (χ2n) is 12.1. The van der Waals surface area contributed by atoms with Crippen molar-refractivity contribution in [3.05, 3.63) is 35.5 Å². The molecule has 0 bridgehead atoms. The minimum Gasteiger partial charge on any atom is -0.443 e. The van der Waals surface area contributed by atoms with Gasteiger partial charge >= 0.3 is 6.09 Å². The van der Waals surface area contributed by atoms with Crippen molar-refractivity contribution in [2.24, 2.45) is 5.92 Å². The standard InChI is InChI=1S/C29H36N4O5/c1-16-25(17(2)38-31-16)18-7-12-23-22(13-18)30-26(32(23)20-8-10-21(36-6)11-9-20)29-15-19(29)14-24(34)33(29)27(35)37-28(3,4)5/h7,12-13,19-21H,8-11,14-15H2,1-6H3/t19?,20-,21-,29?. The van der Waals surface area contributed by atoms with Crippen LogP contribution in [-0.4, -0.2) is 50.4 Å². The number of imidazole rings is 1. The normalized spacial score (nSPS) is 27.2. The molecule has 2 unspecified atom stereocenters. The Morgan fingerprint density at radius 1 is 1.16 bits per heavy atom. The van der Waals surface area contributed by atoms with Crippen LogP contribution in [0.5, 0.6) is 0 Å². The molecule has 0 N–H and O–H groups in total. The third-order valence-electron chi connectivity index (χ3n) is 8.46. The first kappa shape index (κ1) is 25.1. The summed E-state index contributed by atoms with van der Waals surface area (Å²) in [6.07, 6.45) is 4.54. The molecule has 2 aromatic heterocycles. The zero-order valence-electron chi connectivity index (χ0n) is 23.0. The average molecular weight is 521 g/mol. The highest BCUT2D eigenvalue weighted by atomic mass is 16.6. The van der Waals surface area contributed by atoms with Crippen molar-refractivity contribution in [3.63, 3.8) is 0 Å². The molecular formula is C29H36N4O5. The second kappa shape index (κ2) is 8.66. The van der Waals surface area contributed by atoms with Crippen LogP contribution in [0.15, 0.2) is 22.7 Å². The highest BCUT2D eigenvalue weighted by Crippen LogP contribution is 2.63. The number of carbonyl (C=O) groups is 2. The summed E-state index contributed by atoms with van der Waals surface area (Å²) >= 11 is 0. The maximum atomic E-state index is 13.4. The molecule has 38 heavy (non-hydrogen) atoms. The molecule has 1 saturated heterocycles. The van der Waals surface area contributed by atoms with Crippen molar-refractivity contribution in [2.75, 3.05) is 7.11 Å². The van der Waals surface area contributed by atoms with Gasteiger partial charge in [-0.25, -0.2) is 14.7 Å². The number of amides is 2. The molecule has 2 saturated carbocycles. The highest BCUT2D eigenvalue weighted by molar-refractivity contribution is 5.97. The molecule has 2 amide bonds. The lowest BCUT2D eigenvalue weighted by Crippen LogP contribution is -2.45. The van der Waals surface area contributed by atoms with E-state index in [9.17, 15) is 9.59 Å². The van der Waals surface area contributed by atoms with Crippen LogP contribution >= 0.6 is 0 Å². The van der Waals surface area contributed by atoms with Crippen LogP contribution in [0.4, 0.5) is 4.79 Å². The summed E-state index contributed by atoms with van der Waals surface area (Å²) in [5, 5.41) is 4.12. The number of hydrogen-bond acceptors (Lipinski definition) is 7. The Bertz CT molecular complexity index is 1410. The van der Waals surface area contributed by atoms with E-state index in [1.165, 1.54) is 4.90 Å². The molecule has 9 heteroatoms. The number of aromatic nitrogens is 3. The molecule has 3 aliphatic rings. The predicted octanol–water partition coefficient (Wildman–Crippen LogP) is 5.82. The molecule has 3 fully saturated rings. The molecular weight excluding hydrogens is 484 g/mol. The van der Waals surface area contributed by atoms with Gasteiger partial charge in [0.1, 0.15) is 22.7 Å². The van der Waals surface area contributed by atoms with E-state index in [0.29, 0.717) is 12.8 Å². The van der Waals surface area contributed by atoms with Gasteiger partial charge in [0.25, 0.3) is 0 Å². The number of fused-ring (bicyclic) bond motifs is 2. The van der Waals surface area contributed by atoms with Gasteiger partial charge < -0.3 is 18.6 Å². The van der Waals surface area contributed by atoms with Gasteiger partial charge in [-0.3, -0.25) is 4.79 Å². The van der Waals surface area contributed by atoms with E-state index in [2.05, 4.69) is 27.9 Å². The number of benzene rings is 1. The number of carbonyl (C=O) groups excluding carboxylic acids is 2. The van der Waals surface area contributed by atoms with Crippen LogP contribution in [-0.2, 0) is 19.8 Å². The fourth-order valence-corrected chi connectivity index (χ4v) is 6.67.